The van der Waals surface area contributed by atoms with Crippen molar-refractivity contribution in [2.24, 2.45) is 0 Å². The first-order valence-corrected chi connectivity index (χ1v) is 9.37. The molecule has 0 bridgehead atoms. The Morgan fingerprint density at radius 1 is 1.27 bits per heavy atom. The lowest BCUT2D eigenvalue weighted by atomic mass is 9.99. The van der Waals surface area contributed by atoms with E-state index in [0.29, 0.717) is 23.6 Å². The van der Waals surface area contributed by atoms with E-state index in [1.807, 2.05) is 0 Å². The highest BCUT2D eigenvalue weighted by Crippen LogP contribution is 2.36. The molecule has 0 amide bonds. The van der Waals surface area contributed by atoms with Gasteiger partial charge < -0.3 is 5.32 Å². The Kier molecular flexibility index (Phi) is 3.96. The summed E-state index contributed by atoms with van der Waals surface area (Å²) in [6.07, 6.45) is 5.12. The minimum Gasteiger partial charge on any atom is -0.367 e. The molecular weight excluding hydrogens is 322 g/mol. The predicted molar refractivity (Wildman–Crippen MR) is 87.5 cm³/mol. The molecular formula is C15H18ClN3O2S. The SMILES string of the molecule is N#CC1(Nc2ccc(NS(=O)(=O)C3CC3)c(Cl)c2)CCCC1. The van der Waals surface area contributed by atoms with Crippen LogP contribution in [-0.2, 0) is 10.0 Å². The van der Waals surface area contributed by atoms with Crippen LogP contribution in [0.1, 0.15) is 38.5 Å². The number of anilines is 2. The highest BCUT2D eigenvalue weighted by Gasteiger charge is 2.36. The maximum absolute atomic E-state index is 11.9. The van der Waals surface area contributed by atoms with Crippen molar-refractivity contribution in [2.45, 2.75) is 49.3 Å². The highest BCUT2D eigenvalue weighted by atomic mass is 35.5. The fraction of sp³-hybridized carbons (Fsp3) is 0.533. The summed E-state index contributed by atoms with van der Waals surface area (Å²) in [4.78, 5) is 0. The normalized spacial score (nSPS) is 20.4. The van der Waals surface area contributed by atoms with Crippen LogP contribution in [0.25, 0.3) is 0 Å². The third-order valence-electron chi connectivity index (χ3n) is 4.24. The van der Waals surface area contributed by atoms with E-state index in [1.165, 1.54) is 0 Å². The van der Waals surface area contributed by atoms with Crippen LogP contribution in [0.4, 0.5) is 11.4 Å². The molecule has 3 rings (SSSR count). The van der Waals surface area contributed by atoms with Gasteiger partial charge in [0.15, 0.2) is 0 Å². The molecule has 5 nitrogen and oxygen atoms in total. The number of nitrogens with zero attached hydrogens (tertiary/aromatic N) is 1. The van der Waals surface area contributed by atoms with Crippen molar-refractivity contribution in [3.63, 3.8) is 0 Å². The van der Waals surface area contributed by atoms with E-state index in [-0.39, 0.29) is 5.25 Å². The van der Waals surface area contributed by atoms with E-state index in [4.69, 9.17) is 11.6 Å². The van der Waals surface area contributed by atoms with Crippen molar-refractivity contribution < 1.29 is 8.42 Å². The summed E-state index contributed by atoms with van der Waals surface area (Å²) in [6, 6.07) is 7.43. The molecule has 7 heteroatoms. The number of sulfonamides is 1. The molecule has 2 aliphatic carbocycles. The zero-order valence-electron chi connectivity index (χ0n) is 12.1. The monoisotopic (exact) mass is 339 g/mol. The lowest BCUT2D eigenvalue weighted by Gasteiger charge is -2.23. The van der Waals surface area contributed by atoms with Crippen molar-refractivity contribution in [2.75, 3.05) is 10.0 Å². The van der Waals surface area contributed by atoms with Gasteiger partial charge in [-0.25, -0.2) is 8.42 Å². The molecule has 0 heterocycles. The maximum atomic E-state index is 11.9. The van der Waals surface area contributed by atoms with Gasteiger partial charge in [-0.05, 0) is 56.7 Å². The van der Waals surface area contributed by atoms with Gasteiger partial charge in [0.1, 0.15) is 5.54 Å². The summed E-state index contributed by atoms with van der Waals surface area (Å²) < 4.78 is 26.4. The van der Waals surface area contributed by atoms with Gasteiger partial charge in [0, 0.05) is 5.69 Å². The molecule has 2 fully saturated rings. The van der Waals surface area contributed by atoms with Gasteiger partial charge in [-0.3, -0.25) is 4.72 Å². The predicted octanol–water partition coefficient (Wildman–Crippen LogP) is 3.49. The summed E-state index contributed by atoms with van der Waals surface area (Å²) in [5.41, 5.74) is 0.595. The fourth-order valence-corrected chi connectivity index (χ4v) is 4.50. The summed E-state index contributed by atoms with van der Waals surface area (Å²) in [6.45, 7) is 0. The van der Waals surface area contributed by atoms with E-state index in [1.54, 1.807) is 18.2 Å². The van der Waals surface area contributed by atoms with E-state index < -0.39 is 15.6 Å². The Balaban J connectivity index is 1.76. The smallest absolute Gasteiger partial charge is 0.235 e. The van der Waals surface area contributed by atoms with Crippen molar-refractivity contribution >= 4 is 33.0 Å². The average molecular weight is 340 g/mol. The Labute approximate surface area is 135 Å². The minimum absolute atomic E-state index is 0.290. The molecule has 2 N–H and O–H groups in total. The zero-order valence-corrected chi connectivity index (χ0v) is 13.7. The Hall–Kier alpha value is -1.45. The number of rotatable bonds is 5. The number of benzene rings is 1. The topological polar surface area (TPSA) is 82.0 Å². The second-order valence-electron chi connectivity index (χ2n) is 6.07. The largest absolute Gasteiger partial charge is 0.367 e. The average Bonchev–Trinajstić information content (AvgIpc) is 3.24. The molecule has 0 atom stereocenters. The van der Waals surface area contributed by atoms with Crippen LogP contribution in [0.3, 0.4) is 0 Å². The number of hydrogen-bond acceptors (Lipinski definition) is 4. The second kappa shape index (κ2) is 5.64. The Morgan fingerprint density at radius 3 is 2.50 bits per heavy atom. The molecule has 118 valence electrons. The van der Waals surface area contributed by atoms with Gasteiger partial charge in [-0.2, -0.15) is 5.26 Å². The molecule has 0 aliphatic heterocycles. The van der Waals surface area contributed by atoms with Crippen molar-refractivity contribution in [1.82, 2.24) is 0 Å². The van der Waals surface area contributed by atoms with Gasteiger partial charge in [-0.15, -0.1) is 0 Å². The summed E-state index contributed by atoms with van der Waals surface area (Å²) >= 11 is 6.18. The molecule has 0 saturated heterocycles. The van der Waals surface area contributed by atoms with Crippen molar-refractivity contribution in [3.05, 3.63) is 23.2 Å². The van der Waals surface area contributed by atoms with Crippen LogP contribution in [0.5, 0.6) is 0 Å². The van der Waals surface area contributed by atoms with E-state index in [0.717, 1.165) is 31.4 Å². The van der Waals surface area contributed by atoms with Gasteiger partial charge in [-0.1, -0.05) is 11.6 Å². The molecule has 1 aromatic rings. The van der Waals surface area contributed by atoms with E-state index >= 15 is 0 Å². The third-order valence-corrected chi connectivity index (χ3v) is 6.41. The molecule has 0 spiro atoms. The van der Waals surface area contributed by atoms with E-state index in [2.05, 4.69) is 16.1 Å². The van der Waals surface area contributed by atoms with Crippen LogP contribution >= 0.6 is 11.6 Å². The highest BCUT2D eigenvalue weighted by molar-refractivity contribution is 7.93. The van der Waals surface area contributed by atoms with Crippen molar-refractivity contribution in [1.29, 1.82) is 5.26 Å². The minimum atomic E-state index is -3.32. The Bertz CT molecular complexity index is 717. The summed E-state index contributed by atoms with van der Waals surface area (Å²) in [5, 5.41) is 12.7. The lowest BCUT2D eigenvalue weighted by molar-refractivity contribution is 0.600. The molecule has 0 unspecified atom stereocenters. The molecule has 2 aliphatic rings. The quantitative estimate of drug-likeness (QED) is 0.860. The molecule has 0 aromatic heterocycles. The number of nitrogens with one attached hydrogen (secondary N) is 2. The summed E-state index contributed by atoms with van der Waals surface area (Å²) in [5.74, 6) is 0. The molecule has 22 heavy (non-hydrogen) atoms. The van der Waals surface area contributed by atoms with Crippen LogP contribution < -0.4 is 10.0 Å². The first-order chi connectivity index (χ1) is 10.4. The zero-order chi connectivity index (χ0) is 15.8. The first-order valence-electron chi connectivity index (χ1n) is 7.45. The van der Waals surface area contributed by atoms with Crippen molar-refractivity contribution in [3.8, 4) is 6.07 Å². The Morgan fingerprint density at radius 2 is 1.95 bits per heavy atom. The first kappa shape index (κ1) is 15.4. The number of hydrogen-bond donors (Lipinski definition) is 2. The molecule has 0 radical (unpaired) electrons. The van der Waals surface area contributed by atoms with Gasteiger partial charge >= 0.3 is 0 Å². The van der Waals surface area contributed by atoms with Gasteiger partial charge in [0.25, 0.3) is 0 Å². The fourth-order valence-electron chi connectivity index (χ4n) is 2.81. The maximum Gasteiger partial charge on any atom is 0.235 e. The standard InChI is InChI=1S/C15H18ClN3O2S/c16-13-9-11(18-15(10-17)7-1-2-8-15)3-6-14(13)19-22(20,21)12-4-5-12/h3,6,9,12,18-19H,1-2,4-5,7-8H2. The van der Waals surface area contributed by atoms with Gasteiger partial charge in [0.2, 0.25) is 10.0 Å². The van der Waals surface area contributed by atoms with Gasteiger partial charge in [0.05, 0.1) is 22.0 Å². The summed E-state index contributed by atoms with van der Waals surface area (Å²) in [7, 11) is -3.32. The number of nitriles is 1. The molecule has 1 aromatic carbocycles. The van der Waals surface area contributed by atoms with Crippen LogP contribution in [0.15, 0.2) is 18.2 Å². The number of halogens is 1. The van der Waals surface area contributed by atoms with Crippen LogP contribution in [-0.4, -0.2) is 19.2 Å². The lowest BCUT2D eigenvalue weighted by Crippen LogP contribution is -2.32. The molecule has 2 saturated carbocycles. The van der Waals surface area contributed by atoms with Crippen LogP contribution in [0.2, 0.25) is 5.02 Å². The second-order valence-corrected chi connectivity index (χ2v) is 8.44. The van der Waals surface area contributed by atoms with E-state index in [9.17, 15) is 13.7 Å². The third kappa shape index (κ3) is 3.16. The van der Waals surface area contributed by atoms with Crippen LogP contribution in [0, 0.1) is 11.3 Å².